The summed E-state index contributed by atoms with van der Waals surface area (Å²) in [7, 11) is 2.94. The standard InChI is InChI=1S/C13H14O3/c1-10-7-8-12(15-2)11(9-10)5-4-6-13(14)16-3/h7-9H,6H2,1-3H3. The van der Waals surface area contributed by atoms with E-state index in [1.54, 1.807) is 7.11 Å². The van der Waals surface area contributed by atoms with Gasteiger partial charge in [0.2, 0.25) is 0 Å². The molecule has 16 heavy (non-hydrogen) atoms. The highest BCUT2D eigenvalue weighted by Gasteiger charge is 2.00. The van der Waals surface area contributed by atoms with Crippen molar-refractivity contribution in [1.29, 1.82) is 0 Å². The normalized spacial score (nSPS) is 8.94. The van der Waals surface area contributed by atoms with Gasteiger partial charge >= 0.3 is 5.97 Å². The van der Waals surface area contributed by atoms with Gasteiger partial charge in [0.15, 0.2) is 0 Å². The molecule has 1 aromatic rings. The largest absolute Gasteiger partial charge is 0.495 e. The van der Waals surface area contributed by atoms with Crippen LogP contribution in [-0.2, 0) is 9.53 Å². The molecule has 0 radical (unpaired) electrons. The maximum absolute atomic E-state index is 10.9. The van der Waals surface area contributed by atoms with Crippen LogP contribution in [0.5, 0.6) is 5.75 Å². The van der Waals surface area contributed by atoms with Crippen molar-refractivity contribution >= 4 is 5.97 Å². The molecular formula is C13H14O3. The van der Waals surface area contributed by atoms with Gasteiger partial charge in [-0.2, -0.15) is 0 Å². The lowest BCUT2D eigenvalue weighted by molar-refractivity contribution is -0.139. The minimum atomic E-state index is -0.334. The van der Waals surface area contributed by atoms with Gasteiger partial charge in [0, 0.05) is 0 Å². The van der Waals surface area contributed by atoms with Crippen LogP contribution in [0.25, 0.3) is 0 Å². The summed E-state index contributed by atoms with van der Waals surface area (Å²) in [5, 5.41) is 0. The molecule has 0 atom stereocenters. The number of methoxy groups -OCH3 is 2. The first-order valence-electron chi connectivity index (χ1n) is 4.87. The molecule has 0 N–H and O–H groups in total. The number of carbonyl (C=O) groups is 1. The molecule has 0 unspecified atom stereocenters. The molecule has 1 aromatic carbocycles. The maximum atomic E-state index is 10.9. The topological polar surface area (TPSA) is 35.5 Å². The Kier molecular flexibility index (Phi) is 4.41. The molecule has 1 rings (SSSR count). The zero-order valence-corrected chi connectivity index (χ0v) is 9.66. The third kappa shape index (κ3) is 3.32. The van der Waals surface area contributed by atoms with E-state index in [1.807, 2.05) is 25.1 Å². The molecule has 0 amide bonds. The second-order valence-corrected chi connectivity index (χ2v) is 3.26. The summed E-state index contributed by atoms with van der Waals surface area (Å²) < 4.78 is 9.66. The molecule has 0 spiro atoms. The molecule has 0 aliphatic carbocycles. The number of hydrogen-bond acceptors (Lipinski definition) is 3. The quantitative estimate of drug-likeness (QED) is 0.562. The molecule has 0 bridgehead atoms. The molecule has 0 aromatic heterocycles. The molecular weight excluding hydrogens is 204 g/mol. The molecule has 0 saturated heterocycles. The number of aryl methyl sites for hydroxylation is 1. The van der Waals surface area contributed by atoms with E-state index in [9.17, 15) is 4.79 Å². The van der Waals surface area contributed by atoms with E-state index in [4.69, 9.17) is 4.74 Å². The van der Waals surface area contributed by atoms with Crippen molar-refractivity contribution in [3.8, 4) is 17.6 Å². The second kappa shape index (κ2) is 5.82. The summed E-state index contributed by atoms with van der Waals surface area (Å²) >= 11 is 0. The Bertz CT molecular complexity index is 438. The number of benzene rings is 1. The van der Waals surface area contributed by atoms with Crippen LogP contribution < -0.4 is 4.74 Å². The number of hydrogen-bond donors (Lipinski definition) is 0. The molecule has 84 valence electrons. The van der Waals surface area contributed by atoms with Crippen LogP contribution in [0.4, 0.5) is 0 Å². The maximum Gasteiger partial charge on any atom is 0.317 e. The van der Waals surface area contributed by atoms with Crippen molar-refractivity contribution in [3.63, 3.8) is 0 Å². The van der Waals surface area contributed by atoms with E-state index in [2.05, 4.69) is 16.6 Å². The Balaban J connectivity index is 2.86. The molecule has 3 heteroatoms. The SMILES string of the molecule is COC(=O)CC#Cc1cc(C)ccc1OC. The van der Waals surface area contributed by atoms with Crippen molar-refractivity contribution in [1.82, 2.24) is 0 Å². The molecule has 0 fully saturated rings. The molecule has 0 heterocycles. The van der Waals surface area contributed by atoms with E-state index in [-0.39, 0.29) is 12.4 Å². The van der Waals surface area contributed by atoms with Gasteiger partial charge < -0.3 is 9.47 Å². The first-order chi connectivity index (χ1) is 7.67. The van der Waals surface area contributed by atoms with E-state index >= 15 is 0 Å². The van der Waals surface area contributed by atoms with Gasteiger partial charge in [-0.3, -0.25) is 4.79 Å². The van der Waals surface area contributed by atoms with Gasteiger partial charge in [-0.15, -0.1) is 0 Å². The highest BCUT2D eigenvalue weighted by molar-refractivity contribution is 5.72. The van der Waals surface area contributed by atoms with Crippen LogP contribution >= 0.6 is 0 Å². The average molecular weight is 218 g/mol. The Labute approximate surface area is 95.4 Å². The zero-order chi connectivity index (χ0) is 12.0. The number of esters is 1. The third-order valence-corrected chi connectivity index (χ3v) is 2.04. The van der Waals surface area contributed by atoms with Gasteiger partial charge in [-0.25, -0.2) is 0 Å². The smallest absolute Gasteiger partial charge is 0.317 e. The molecule has 0 aliphatic rings. The predicted molar refractivity (Wildman–Crippen MR) is 61.2 cm³/mol. The lowest BCUT2D eigenvalue weighted by atomic mass is 10.1. The van der Waals surface area contributed by atoms with Crippen molar-refractivity contribution in [2.45, 2.75) is 13.3 Å². The van der Waals surface area contributed by atoms with Gasteiger partial charge in [0.25, 0.3) is 0 Å². The summed E-state index contributed by atoms with van der Waals surface area (Å²) in [6.07, 6.45) is 0.0909. The minimum Gasteiger partial charge on any atom is -0.495 e. The van der Waals surface area contributed by atoms with E-state index < -0.39 is 0 Å². The Hall–Kier alpha value is -1.95. The Morgan fingerprint density at radius 2 is 2.12 bits per heavy atom. The van der Waals surface area contributed by atoms with Gasteiger partial charge in [0.05, 0.1) is 19.8 Å². The lowest BCUT2D eigenvalue weighted by Gasteiger charge is -2.03. The molecule has 0 saturated carbocycles. The second-order valence-electron chi connectivity index (χ2n) is 3.26. The zero-order valence-electron chi connectivity index (χ0n) is 9.66. The van der Waals surface area contributed by atoms with Crippen LogP contribution in [-0.4, -0.2) is 20.2 Å². The summed E-state index contributed by atoms with van der Waals surface area (Å²) in [5.74, 6) is 6.02. The van der Waals surface area contributed by atoms with Gasteiger partial charge in [0.1, 0.15) is 12.2 Å². The summed E-state index contributed by atoms with van der Waals surface area (Å²) in [6.45, 7) is 1.98. The monoisotopic (exact) mass is 218 g/mol. The lowest BCUT2D eigenvalue weighted by Crippen LogP contribution is -1.97. The van der Waals surface area contributed by atoms with E-state index in [0.29, 0.717) is 5.75 Å². The Morgan fingerprint density at radius 3 is 2.75 bits per heavy atom. The van der Waals surface area contributed by atoms with Crippen molar-refractivity contribution in [2.75, 3.05) is 14.2 Å². The van der Waals surface area contributed by atoms with Crippen LogP contribution in [0.15, 0.2) is 18.2 Å². The van der Waals surface area contributed by atoms with Crippen molar-refractivity contribution in [3.05, 3.63) is 29.3 Å². The fourth-order valence-electron chi connectivity index (χ4n) is 1.20. The average Bonchev–Trinajstić information content (AvgIpc) is 2.29. The van der Waals surface area contributed by atoms with Gasteiger partial charge in [-0.05, 0) is 24.6 Å². The number of ether oxygens (including phenoxy) is 2. The van der Waals surface area contributed by atoms with Crippen LogP contribution in [0.3, 0.4) is 0 Å². The fraction of sp³-hybridized carbons (Fsp3) is 0.308. The first-order valence-corrected chi connectivity index (χ1v) is 4.87. The van der Waals surface area contributed by atoms with Crippen LogP contribution in [0, 0.1) is 18.8 Å². The van der Waals surface area contributed by atoms with Crippen molar-refractivity contribution < 1.29 is 14.3 Å². The van der Waals surface area contributed by atoms with Crippen molar-refractivity contribution in [2.24, 2.45) is 0 Å². The first kappa shape index (κ1) is 12.1. The fourth-order valence-corrected chi connectivity index (χ4v) is 1.20. The highest BCUT2D eigenvalue weighted by atomic mass is 16.5. The predicted octanol–water partition coefficient (Wildman–Crippen LogP) is 1.92. The highest BCUT2D eigenvalue weighted by Crippen LogP contribution is 2.18. The van der Waals surface area contributed by atoms with E-state index in [0.717, 1.165) is 11.1 Å². The van der Waals surface area contributed by atoms with Crippen LogP contribution in [0.1, 0.15) is 17.5 Å². The number of carbonyl (C=O) groups excluding carboxylic acids is 1. The summed E-state index contributed by atoms with van der Waals surface area (Å²) in [6, 6.07) is 5.73. The number of rotatable bonds is 2. The van der Waals surface area contributed by atoms with E-state index in [1.165, 1.54) is 7.11 Å². The van der Waals surface area contributed by atoms with Crippen LogP contribution in [0.2, 0.25) is 0 Å². The minimum absolute atomic E-state index is 0.0909. The molecule has 0 aliphatic heterocycles. The third-order valence-electron chi connectivity index (χ3n) is 2.04. The Morgan fingerprint density at radius 1 is 1.38 bits per heavy atom. The summed E-state index contributed by atoms with van der Waals surface area (Å²) in [4.78, 5) is 10.9. The van der Waals surface area contributed by atoms with Gasteiger partial charge in [-0.1, -0.05) is 17.9 Å². The molecule has 3 nitrogen and oxygen atoms in total. The summed E-state index contributed by atoms with van der Waals surface area (Å²) in [5.41, 5.74) is 1.88.